The number of aliphatic hydroxyl groups is 1. The van der Waals surface area contributed by atoms with Gasteiger partial charge in [-0.3, -0.25) is 0 Å². The number of hydrogen-bond donors (Lipinski definition) is 2. The molecule has 0 aliphatic heterocycles. The lowest BCUT2D eigenvalue weighted by Gasteiger charge is -2.37. The van der Waals surface area contributed by atoms with Gasteiger partial charge in [-0.2, -0.15) is 0 Å². The van der Waals surface area contributed by atoms with Crippen LogP contribution in [0.5, 0.6) is 0 Å². The number of rotatable bonds is 5. The lowest BCUT2D eigenvalue weighted by atomic mass is 9.74. The van der Waals surface area contributed by atoms with E-state index in [0.717, 1.165) is 18.0 Å². The third kappa shape index (κ3) is 3.34. The van der Waals surface area contributed by atoms with Gasteiger partial charge in [0, 0.05) is 12.6 Å². The summed E-state index contributed by atoms with van der Waals surface area (Å²) in [6, 6.07) is 17.5. The summed E-state index contributed by atoms with van der Waals surface area (Å²) in [5.41, 5.74) is 5.19. The van der Waals surface area contributed by atoms with Crippen LogP contribution in [-0.4, -0.2) is 11.1 Å². The fourth-order valence-corrected chi connectivity index (χ4v) is 3.11. The van der Waals surface area contributed by atoms with Crippen molar-refractivity contribution in [3.05, 3.63) is 70.8 Å². The Balaban J connectivity index is 1.48. The first kappa shape index (κ1) is 14.3. The van der Waals surface area contributed by atoms with Gasteiger partial charge >= 0.3 is 0 Å². The van der Waals surface area contributed by atoms with Gasteiger partial charge in [-0.15, -0.1) is 0 Å². The van der Waals surface area contributed by atoms with Gasteiger partial charge in [0.15, 0.2) is 0 Å². The van der Waals surface area contributed by atoms with Crippen molar-refractivity contribution in [1.82, 2.24) is 5.32 Å². The quantitative estimate of drug-likeness (QED) is 0.879. The topological polar surface area (TPSA) is 32.3 Å². The predicted molar refractivity (Wildman–Crippen MR) is 86.1 cm³/mol. The first-order valence-electron chi connectivity index (χ1n) is 7.74. The Morgan fingerprint density at radius 1 is 1.00 bits per heavy atom. The van der Waals surface area contributed by atoms with Crippen LogP contribution in [0.4, 0.5) is 0 Å². The maximum atomic E-state index is 9.04. The fourth-order valence-electron chi connectivity index (χ4n) is 3.11. The molecule has 1 aliphatic carbocycles. The summed E-state index contributed by atoms with van der Waals surface area (Å²) < 4.78 is 0. The van der Waals surface area contributed by atoms with Crippen LogP contribution in [-0.2, 0) is 13.2 Å². The van der Waals surface area contributed by atoms with Gasteiger partial charge in [-0.05, 0) is 47.9 Å². The smallest absolute Gasteiger partial charge is 0.0681 e. The van der Waals surface area contributed by atoms with Crippen LogP contribution in [0.25, 0.3) is 0 Å². The maximum Gasteiger partial charge on any atom is 0.0681 e. The van der Waals surface area contributed by atoms with E-state index in [1.165, 1.54) is 29.5 Å². The molecular formula is C19H23NO. The maximum absolute atomic E-state index is 9.04. The Morgan fingerprint density at radius 3 is 2.33 bits per heavy atom. The molecule has 2 nitrogen and oxygen atoms in total. The van der Waals surface area contributed by atoms with Crippen molar-refractivity contribution < 1.29 is 5.11 Å². The lowest BCUT2D eigenvalue weighted by molar-refractivity contribution is 0.281. The Bertz CT molecular complexity index is 585. The first-order valence-corrected chi connectivity index (χ1v) is 7.74. The van der Waals surface area contributed by atoms with E-state index in [9.17, 15) is 0 Å². The molecule has 0 amide bonds. The Labute approximate surface area is 126 Å². The van der Waals surface area contributed by atoms with E-state index in [-0.39, 0.29) is 6.61 Å². The number of benzene rings is 2. The Hall–Kier alpha value is -1.64. The van der Waals surface area contributed by atoms with E-state index >= 15 is 0 Å². The van der Waals surface area contributed by atoms with Crippen LogP contribution < -0.4 is 5.32 Å². The van der Waals surface area contributed by atoms with Gasteiger partial charge < -0.3 is 10.4 Å². The monoisotopic (exact) mass is 281 g/mol. The SMILES string of the molecule is Cc1ccccc1C1CC(NCc2ccc(CO)cc2)C1. The second-order valence-electron chi connectivity index (χ2n) is 6.08. The molecule has 110 valence electrons. The van der Waals surface area contributed by atoms with Crippen molar-refractivity contribution in [3.8, 4) is 0 Å². The number of nitrogens with one attached hydrogen (secondary N) is 1. The molecule has 0 radical (unpaired) electrons. The zero-order chi connectivity index (χ0) is 14.7. The van der Waals surface area contributed by atoms with Gasteiger partial charge in [0.25, 0.3) is 0 Å². The first-order chi connectivity index (χ1) is 10.3. The molecule has 0 unspecified atom stereocenters. The number of aliphatic hydroxyl groups excluding tert-OH is 1. The van der Waals surface area contributed by atoms with Crippen molar-refractivity contribution in [2.45, 2.75) is 44.9 Å². The van der Waals surface area contributed by atoms with Gasteiger partial charge in [-0.25, -0.2) is 0 Å². The van der Waals surface area contributed by atoms with Crippen molar-refractivity contribution >= 4 is 0 Å². The molecule has 2 N–H and O–H groups in total. The largest absolute Gasteiger partial charge is 0.392 e. The van der Waals surface area contributed by atoms with Crippen LogP contribution in [0.15, 0.2) is 48.5 Å². The third-order valence-electron chi connectivity index (χ3n) is 4.57. The van der Waals surface area contributed by atoms with E-state index in [1.54, 1.807) is 0 Å². The normalized spacial score (nSPS) is 21.0. The molecule has 0 heterocycles. The molecule has 21 heavy (non-hydrogen) atoms. The molecule has 3 rings (SSSR count). The molecule has 0 atom stereocenters. The molecule has 0 spiro atoms. The molecule has 1 aliphatic rings. The lowest BCUT2D eigenvalue weighted by Crippen LogP contribution is -2.39. The van der Waals surface area contributed by atoms with E-state index in [2.05, 4.69) is 48.6 Å². The van der Waals surface area contributed by atoms with E-state index < -0.39 is 0 Å². The second-order valence-corrected chi connectivity index (χ2v) is 6.08. The zero-order valence-corrected chi connectivity index (χ0v) is 12.5. The Kier molecular flexibility index (Phi) is 4.37. The van der Waals surface area contributed by atoms with Crippen molar-refractivity contribution in [2.75, 3.05) is 0 Å². The standard InChI is InChI=1S/C19H23NO/c1-14-4-2-3-5-19(14)17-10-18(11-17)20-12-15-6-8-16(13-21)9-7-15/h2-9,17-18,20-21H,10-13H2,1H3. The second kappa shape index (κ2) is 6.42. The minimum Gasteiger partial charge on any atom is -0.392 e. The van der Waals surface area contributed by atoms with Gasteiger partial charge in [0.1, 0.15) is 0 Å². The van der Waals surface area contributed by atoms with Gasteiger partial charge in [-0.1, -0.05) is 48.5 Å². The number of hydrogen-bond acceptors (Lipinski definition) is 2. The molecule has 2 aromatic carbocycles. The van der Waals surface area contributed by atoms with E-state index in [0.29, 0.717) is 6.04 Å². The summed E-state index contributed by atoms with van der Waals surface area (Å²) in [6.07, 6.45) is 2.47. The van der Waals surface area contributed by atoms with Crippen molar-refractivity contribution in [1.29, 1.82) is 0 Å². The van der Waals surface area contributed by atoms with Gasteiger partial charge in [0.2, 0.25) is 0 Å². The fraction of sp³-hybridized carbons (Fsp3) is 0.368. The summed E-state index contributed by atoms with van der Waals surface area (Å²) in [6.45, 7) is 3.24. The predicted octanol–water partition coefficient (Wildman–Crippen LogP) is 3.52. The molecule has 2 heteroatoms. The summed E-state index contributed by atoms with van der Waals surface area (Å²) >= 11 is 0. The third-order valence-corrected chi connectivity index (χ3v) is 4.57. The molecule has 2 aromatic rings. The molecule has 0 bridgehead atoms. The molecule has 0 saturated heterocycles. The van der Waals surface area contributed by atoms with Crippen LogP contribution >= 0.6 is 0 Å². The van der Waals surface area contributed by atoms with Crippen molar-refractivity contribution in [3.63, 3.8) is 0 Å². The minimum absolute atomic E-state index is 0.119. The zero-order valence-electron chi connectivity index (χ0n) is 12.5. The van der Waals surface area contributed by atoms with Gasteiger partial charge in [0.05, 0.1) is 6.61 Å². The highest BCUT2D eigenvalue weighted by atomic mass is 16.3. The van der Waals surface area contributed by atoms with Crippen LogP contribution in [0.2, 0.25) is 0 Å². The average Bonchev–Trinajstić information content (AvgIpc) is 2.48. The molecule has 0 aromatic heterocycles. The number of aryl methyl sites for hydroxylation is 1. The highest BCUT2D eigenvalue weighted by molar-refractivity contribution is 5.31. The molecular weight excluding hydrogens is 258 g/mol. The van der Waals surface area contributed by atoms with Crippen LogP contribution in [0, 0.1) is 6.92 Å². The summed E-state index contributed by atoms with van der Waals surface area (Å²) in [5.74, 6) is 0.723. The molecule has 1 saturated carbocycles. The van der Waals surface area contributed by atoms with E-state index in [4.69, 9.17) is 5.11 Å². The summed E-state index contributed by atoms with van der Waals surface area (Å²) in [5, 5.41) is 12.7. The van der Waals surface area contributed by atoms with Crippen LogP contribution in [0.1, 0.15) is 41.0 Å². The summed E-state index contributed by atoms with van der Waals surface area (Å²) in [4.78, 5) is 0. The Morgan fingerprint density at radius 2 is 1.67 bits per heavy atom. The highest BCUT2D eigenvalue weighted by Gasteiger charge is 2.30. The van der Waals surface area contributed by atoms with E-state index in [1.807, 2.05) is 12.1 Å². The summed E-state index contributed by atoms with van der Waals surface area (Å²) in [7, 11) is 0. The van der Waals surface area contributed by atoms with Crippen molar-refractivity contribution in [2.24, 2.45) is 0 Å². The minimum atomic E-state index is 0.119. The van der Waals surface area contributed by atoms with Crippen LogP contribution in [0.3, 0.4) is 0 Å². The average molecular weight is 281 g/mol. The highest BCUT2D eigenvalue weighted by Crippen LogP contribution is 2.38. The molecule has 1 fully saturated rings.